The van der Waals surface area contributed by atoms with Gasteiger partial charge in [-0.25, -0.2) is 0 Å². The molecule has 3 aromatic carbocycles. The van der Waals surface area contributed by atoms with E-state index in [1.807, 2.05) is 55.5 Å². The molecule has 1 N–H and O–H groups in total. The third-order valence-electron chi connectivity index (χ3n) is 4.93. The Hall–Kier alpha value is -3.27. The fourth-order valence-corrected chi connectivity index (χ4v) is 3.24. The lowest BCUT2D eigenvalue weighted by Crippen LogP contribution is -2.22. The molecule has 3 rings (SSSR count). The molecule has 0 bridgehead atoms. The second-order valence-electron chi connectivity index (χ2n) is 6.93. The number of carbonyl (C=O) groups is 1. The number of anilines is 2. The summed E-state index contributed by atoms with van der Waals surface area (Å²) in [7, 11) is 0. The van der Waals surface area contributed by atoms with Crippen molar-refractivity contribution in [3.63, 3.8) is 0 Å². The standard InChI is InChI=1S/C25H28N2O2/c1-4-27(5-2)22-14-15-24(19(3)16-22)26-25(28)21-12-9-13-23(17-21)29-18-20-10-7-6-8-11-20/h6-17H,4-5,18H2,1-3H3,(H,26,28). The lowest BCUT2D eigenvalue weighted by molar-refractivity contribution is 0.102. The molecule has 0 heterocycles. The molecule has 29 heavy (non-hydrogen) atoms. The maximum Gasteiger partial charge on any atom is 0.255 e. The Morgan fingerprint density at radius 2 is 1.69 bits per heavy atom. The summed E-state index contributed by atoms with van der Waals surface area (Å²) in [6.07, 6.45) is 0. The zero-order chi connectivity index (χ0) is 20.6. The van der Waals surface area contributed by atoms with E-state index in [0.29, 0.717) is 17.9 Å². The molecule has 0 aliphatic heterocycles. The van der Waals surface area contributed by atoms with E-state index in [0.717, 1.165) is 29.9 Å². The summed E-state index contributed by atoms with van der Waals surface area (Å²) in [6, 6.07) is 23.4. The first-order chi connectivity index (χ1) is 14.1. The summed E-state index contributed by atoms with van der Waals surface area (Å²) in [4.78, 5) is 15.0. The highest BCUT2D eigenvalue weighted by atomic mass is 16.5. The molecule has 0 saturated carbocycles. The van der Waals surface area contributed by atoms with Crippen LogP contribution in [0.25, 0.3) is 0 Å². The van der Waals surface area contributed by atoms with Crippen LogP contribution in [0.5, 0.6) is 5.75 Å². The third kappa shape index (κ3) is 5.38. The first kappa shape index (κ1) is 20.5. The van der Waals surface area contributed by atoms with E-state index >= 15 is 0 Å². The quantitative estimate of drug-likeness (QED) is 0.540. The minimum Gasteiger partial charge on any atom is -0.489 e. The Labute approximate surface area is 173 Å². The number of amides is 1. The number of hydrogen-bond donors (Lipinski definition) is 1. The third-order valence-corrected chi connectivity index (χ3v) is 4.93. The second-order valence-corrected chi connectivity index (χ2v) is 6.93. The fraction of sp³-hybridized carbons (Fsp3) is 0.240. The van der Waals surface area contributed by atoms with Gasteiger partial charge in [0.1, 0.15) is 12.4 Å². The summed E-state index contributed by atoms with van der Waals surface area (Å²) in [5.41, 5.74) is 4.69. The Morgan fingerprint density at radius 3 is 2.38 bits per heavy atom. The van der Waals surface area contributed by atoms with Gasteiger partial charge >= 0.3 is 0 Å². The van der Waals surface area contributed by atoms with Crippen LogP contribution in [-0.4, -0.2) is 19.0 Å². The first-order valence-electron chi connectivity index (χ1n) is 10.0. The number of hydrogen-bond acceptors (Lipinski definition) is 3. The van der Waals surface area contributed by atoms with Gasteiger partial charge in [0, 0.05) is 30.0 Å². The number of nitrogens with zero attached hydrogens (tertiary/aromatic N) is 1. The van der Waals surface area contributed by atoms with E-state index in [1.54, 1.807) is 12.1 Å². The number of aryl methyl sites for hydroxylation is 1. The van der Waals surface area contributed by atoms with Crippen LogP contribution in [0.4, 0.5) is 11.4 Å². The predicted molar refractivity (Wildman–Crippen MR) is 120 cm³/mol. The molecule has 150 valence electrons. The van der Waals surface area contributed by atoms with Crippen LogP contribution in [-0.2, 0) is 6.61 Å². The van der Waals surface area contributed by atoms with Crippen LogP contribution in [0.15, 0.2) is 72.8 Å². The van der Waals surface area contributed by atoms with Crippen molar-refractivity contribution in [3.8, 4) is 5.75 Å². The van der Waals surface area contributed by atoms with Crippen LogP contribution in [0, 0.1) is 6.92 Å². The molecule has 0 aliphatic rings. The fourth-order valence-electron chi connectivity index (χ4n) is 3.24. The number of rotatable bonds is 8. The van der Waals surface area contributed by atoms with Gasteiger partial charge in [-0.15, -0.1) is 0 Å². The normalized spacial score (nSPS) is 10.4. The van der Waals surface area contributed by atoms with Gasteiger partial charge in [0.2, 0.25) is 0 Å². The lowest BCUT2D eigenvalue weighted by atomic mass is 10.1. The molecule has 0 saturated heterocycles. The molecule has 0 aromatic heterocycles. The molecule has 1 amide bonds. The molecule has 0 unspecified atom stereocenters. The lowest BCUT2D eigenvalue weighted by Gasteiger charge is -2.22. The first-order valence-corrected chi connectivity index (χ1v) is 10.0. The monoisotopic (exact) mass is 388 g/mol. The van der Waals surface area contributed by atoms with E-state index in [1.165, 1.54) is 5.69 Å². The van der Waals surface area contributed by atoms with Gasteiger partial charge in [-0.3, -0.25) is 4.79 Å². The summed E-state index contributed by atoms with van der Waals surface area (Å²) >= 11 is 0. The van der Waals surface area contributed by atoms with Gasteiger partial charge in [-0.1, -0.05) is 36.4 Å². The van der Waals surface area contributed by atoms with Crippen LogP contribution < -0.4 is 15.0 Å². The van der Waals surface area contributed by atoms with Gasteiger partial charge in [0.05, 0.1) is 0 Å². The van der Waals surface area contributed by atoms with E-state index in [-0.39, 0.29) is 5.91 Å². The highest BCUT2D eigenvalue weighted by Crippen LogP contribution is 2.24. The van der Waals surface area contributed by atoms with Gasteiger partial charge in [0.25, 0.3) is 5.91 Å². The maximum absolute atomic E-state index is 12.7. The molecule has 4 heteroatoms. The summed E-state index contributed by atoms with van der Waals surface area (Å²) < 4.78 is 5.84. The zero-order valence-corrected chi connectivity index (χ0v) is 17.3. The van der Waals surface area contributed by atoms with Gasteiger partial charge in [0.15, 0.2) is 0 Å². The Kier molecular flexibility index (Phi) is 6.90. The molecule has 0 atom stereocenters. The Morgan fingerprint density at radius 1 is 0.931 bits per heavy atom. The van der Waals surface area contributed by atoms with Gasteiger partial charge in [-0.05, 0) is 68.3 Å². The van der Waals surface area contributed by atoms with Gasteiger partial charge < -0.3 is 15.0 Å². The topological polar surface area (TPSA) is 41.6 Å². The van der Waals surface area contributed by atoms with Crippen molar-refractivity contribution in [3.05, 3.63) is 89.5 Å². The summed E-state index contributed by atoms with van der Waals surface area (Å²) in [6.45, 7) is 8.68. The van der Waals surface area contributed by atoms with Crippen molar-refractivity contribution in [2.24, 2.45) is 0 Å². The van der Waals surface area contributed by atoms with Crippen molar-refractivity contribution in [2.45, 2.75) is 27.4 Å². The van der Waals surface area contributed by atoms with E-state index in [2.05, 4.69) is 36.2 Å². The maximum atomic E-state index is 12.7. The molecule has 3 aromatic rings. The molecule has 0 aliphatic carbocycles. The van der Waals surface area contributed by atoms with Crippen molar-refractivity contribution in [2.75, 3.05) is 23.3 Å². The molecule has 0 radical (unpaired) electrons. The smallest absolute Gasteiger partial charge is 0.255 e. The zero-order valence-electron chi connectivity index (χ0n) is 17.3. The minimum atomic E-state index is -0.145. The van der Waals surface area contributed by atoms with E-state index in [4.69, 9.17) is 4.74 Å². The number of benzene rings is 3. The highest BCUT2D eigenvalue weighted by molar-refractivity contribution is 6.05. The van der Waals surface area contributed by atoms with E-state index < -0.39 is 0 Å². The Bertz CT molecular complexity index is 950. The number of carbonyl (C=O) groups excluding carboxylic acids is 1. The molecule has 0 fully saturated rings. The average molecular weight is 389 g/mol. The van der Waals surface area contributed by atoms with Crippen LogP contribution in [0.2, 0.25) is 0 Å². The molecule has 0 spiro atoms. The molecular formula is C25H28N2O2. The van der Waals surface area contributed by atoms with Crippen molar-refractivity contribution >= 4 is 17.3 Å². The van der Waals surface area contributed by atoms with E-state index in [9.17, 15) is 4.79 Å². The van der Waals surface area contributed by atoms with Crippen LogP contribution in [0.3, 0.4) is 0 Å². The van der Waals surface area contributed by atoms with Crippen LogP contribution >= 0.6 is 0 Å². The number of nitrogens with one attached hydrogen (secondary N) is 1. The SMILES string of the molecule is CCN(CC)c1ccc(NC(=O)c2cccc(OCc3ccccc3)c2)c(C)c1. The Balaban J connectivity index is 1.68. The number of ether oxygens (including phenoxy) is 1. The average Bonchev–Trinajstić information content (AvgIpc) is 2.76. The van der Waals surface area contributed by atoms with Crippen LogP contribution in [0.1, 0.15) is 35.3 Å². The van der Waals surface area contributed by atoms with Crippen molar-refractivity contribution in [1.29, 1.82) is 0 Å². The predicted octanol–water partition coefficient (Wildman–Crippen LogP) is 5.67. The second kappa shape index (κ2) is 9.78. The summed E-state index contributed by atoms with van der Waals surface area (Å²) in [5.74, 6) is 0.531. The van der Waals surface area contributed by atoms with Crippen molar-refractivity contribution < 1.29 is 9.53 Å². The summed E-state index contributed by atoms with van der Waals surface area (Å²) in [5, 5.41) is 3.02. The van der Waals surface area contributed by atoms with Gasteiger partial charge in [-0.2, -0.15) is 0 Å². The largest absolute Gasteiger partial charge is 0.489 e. The molecule has 4 nitrogen and oxygen atoms in total. The molecular weight excluding hydrogens is 360 g/mol. The minimum absolute atomic E-state index is 0.145. The highest BCUT2D eigenvalue weighted by Gasteiger charge is 2.11. The van der Waals surface area contributed by atoms with Crippen molar-refractivity contribution in [1.82, 2.24) is 0 Å².